The highest BCUT2D eigenvalue weighted by atomic mass is 14.6. The first-order valence-electron chi connectivity index (χ1n) is 11.8. The lowest BCUT2D eigenvalue weighted by molar-refractivity contribution is -0.0147. The van der Waals surface area contributed by atoms with Crippen LogP contribution in [0.5, 0.6) is 0 Å². The first kappa shape index (κ1) is 22.5. The summed E-state index contributed by atoms with van der Waals surface area (Å²) < 4.78 is 0. The monoisotopic (exact) mass is 371 g/mol. The van der Waals surface area contributed by atoms with Crippen LogP contribution in [-0.4, -0.2) is 6.54 Å². The Morgan fingerprint density at radius 3 is 2.41 bits per heavy atom. The first-order valence-corrected chi connectivity index (χ1v) is 11.8. The summed E-state index contributed by atoms with van der Waals surface area (Å²) in [6.45, 7) is 18.2. The standard InChI is InChI=1S/C22H33N.2C2H6/c1-15-8-11-22(3)17(14-15)4-6-18-19-7-5-16(10-13-23)21(19,2)12-9-20(18)22;2*1-2/h4,6,14,16,18-20H,1,5,7-13,23H2,2-3H3;2*1-2H3. The highest BCUT2D eigenvalue weighted by molar-refractivity contribution is 5.41. The Morgan fingerprint density at radius 1 is 1.04 bits per heavy atom. The molecule has 0 spiro atoms. The lowest BCUT2D eigenvalue weighted by Gasteiger charge is -2.56. The summed E-state index contributed by atoms with van der Waals surface area (Å²) in [5, 5.41) is 0. The summed E-state index contributed by atoms with van der Waals surface area (Å²) in [6, 6.07) is 0. The normalized spacial score (nSPS) is 41.7. The minimum Gasteiger partial charge on any atom is -0.330 e. The molecule has 2 N–H and O–H groups in total. The van der Waals surface area contributed by atoms with Crippen molar-refractivity contribution >= 4 is 0 Å². The van der Waals surface area contributed by atoms with Gasteiger partial charge in [0.05, 0.1) is 0 Å². The molecular weight excluding hydrogens is 326 g/mol. The quantitative estimate of drug-likeness (QED) is 0.541. The summed E-state index contributed by atoms with van der Waals surface area (Å²) in [4.78, 5) is 0. The fourth-order valence-electron chi connectivity index (χ4n) is 6.87. The van der Waals surface area contributed by atoms with Crippen LogP contribution in [-0.2, 0) is 0 Å². The van der Waals surface area contributed by atoms with Crippen LogP contribution in [0, 0.1) is 34.5 Å². The molecule has 0 aromatic rings. The summed E-state index contributed by atoms with van der Waals surface area (Å²) in [7, 11) is 0. The third kappa shape index (κ3) is 3.74. The average molecular weight is 372 g/mol. The molecule has 1 nitrogen and oxygen atoms in total. The van der Waals surface area contributed by atoms with Gasteiger partial charge in [0.2, 0.25) is 0 Å². The summed E-state index contributed by atoms with van der Waals surface area (Å²) in [5.74, 6) is 3.40. The molecule has 0 aromatic carbocycles. The Hall–Kier alpha value is -0.820. The maximum absolute atomic E-state index is 5.91. The Labute approximate surface area is 169 Å². The lowest BCUT2D eigenvalue weighted by Crippen LogP contribution is -2.48. The minimum atomic E-state index is 0.397. The van der Waals surface area contributed by atoms with Crippen molar-refractivity contribution in [2.24, 2.45) is 40.2 Å². The van der Waals surface area contributed by atoms with Crippen molar-refractivity contribution in [3.8, 4) is 0 Å². The molecular formula is C26H45N. The van der Waals surface area contributed by atoms with Gasteiger partial charge in [-0.05, 0) is 91.6 Å². The molecule has 4 rings (SSSR count). The van der Waals surface area contributed by atoms with Gasteiger partial charge in [-0.3, -0.25) is 0 Å². The smallest absolute Gasteiger partial charge is 0.00382 e. The summed E-state index contributed by atoms with van der Waals surface area (Å²) >= 11 is 0. The van der Waals surface area contributed by atoms with Crippen LogP contribution in [0.15, 0.2) is 36.0 Å². The topological polar surface area (TPSA) is 26.0 Å². The van der Waals surface area contributed by atoms with Gasteiger partial charge in [0.25, 0.3) is 0 Å². The van der Waals surface area contributed by atoms with E-state index < -0.39 is 0 Å². The van der Waals surface area contributed by atoms with Crippen LogP contribution in [0.2, 0.25) is 0 Å². The minimum absolute atomic E-state index is 0.397. The van der Waals surface area contributed by atoms with E-state index in [4.69, 9.17) is 5.73 Å². The number of allylic oxidation sites excluding steroid dienone is 5. The Kier molecular flexibility index (Phi) is 7.59. The molecule has 154 valence electrons. The van der Waals surface area contributed by atoms with Gasteiger partial charge in [-0.1, -0.05) is 71.9 Å². The molecule has 0 aliphatic heterocycles. The van der Waals surface area contributed by atoms with Crippen LogP contribution in [0.25, 0.3) is 0 Å². The highest BCUT2D eigenvalue weighted by Gasteiger charge is 2.57. The van der Waals surface area contributed by atoms with Crippen molar-refractivity contribution in [3.05, 3.63) is 36.0 Å². The zero-order valence-electron chi connectivity index (χ0n) is 19.0. The second-order valence-electron chi connectivity index (χ2n) is 9.22. The van der Waals surface area contributed by atoms with Crippen molar-refractivity contribution in [2.45, 2.75) is 86.5 Å². The zero-order valence-corrected chi connectivity index (χ0v) is 19.0. The first-order chi connectivity index (χ1) is 13.0. The Morgan fingerprint density at radius 2 is 1.74 bits per heavy atom. The largest absolute Gasteiger partial charge is 0.330 e. The number of nitrogens with two attached hydrogens (primary N) is 1. The van der Waals surface area contributed by atoms with Gasteiger partial charge in [0.15, 0.2) is 0 Å². The third-order valence-electron chi connectivity index (χ3n) is 8.35. The molecule has 0 bridgehead atoms. The van der Waals surface area contributed by atoms with E-state index in [1.54, 1.807) is 5.57 Å². The third-order valence-corrected chi connectivity index (χ3v) is 8.35. The van der Waals surface area contributed by atoms with Crippen molar-refractivity contribution in [1.82, 2.24) is 0 Å². The summed E-state index contributed by atoms with van der Waals surface area (Å²) in [6.07, 6.45) is 16.8. The Bertz CT molecular complexity index is 571. The van der Waals surface area contributed by atoms with Gasteiger partial charge < -0.3 is 5.73 Å². The maximum atomic E-state index is 5.91. The number of rotatable bonds is 2. The molecule has 4 aliphatic rings. The molecule has 6 atom stereocenters. The second-order valence-corrected chi connectivity index (χ2v) is 9.22. The van der Waals surface area contributed by atoms with Gasteiger partial charge in [-0.2, -0.15) is 0 Å². The van der Waals surface area contributed by atoms with E-state index >= 15 is 0 Å². The van der Waals surface area contributed by atoms with E-state index in [0.29, 0.717) is 10.8 Å². The number of fused-ring (bicyclic) bond motifs is 5. The molecule has 27 heavy (non-hydrogen) atoms. The predicted molar refractivity (Wildman–Crippen MR) is 121 cm³/mol. The van der Waals surface area contributed by atoms with Crippen LogP contribution in [0.3, 0.4) is 0 Å². The van der Waals surface area contributed by atoms with Crippen molar-refractivity contribution < 1.29 is 0 Å². The van der Waals surface area contributed by atoms with Crippen LogP contribution in [0.4, 0.5) is 0 Å². The number of hydrogen-bond acceptors (Lipinski definition) is 1. The van der Waals surface area contributed by atoms with Gasteiger partial charge in [-0.25, -0.2) is 0 Å². The second kappa shape index (κ2) is 9.12. The molecule has 4 aliphatic carbocycles. The van der Waals surface area contributed by atoms with Gasteiger partial charge >= 0.3 is 0 Å². The fraction of sp³-hybridized carbons (Fsp3) is 0.769. The fourth-order valence-corrected chi connectivity index (χ4v) is 6.87. The molecule has 2 saturated carbocycles. The maximum Gasteiger partial charge on any atom is -0.00382 e. The molecule has 0 radical (unpaired) electrons. The molecule has 1 heteroatoms. The van der Waals surface area contributed by atoms with Gasteiger partial charge in [0.1, 0.15) is 0 Å². The molecule has 2 fully saturated rings. The molecule has 0 saturated heterocycles. The zero-order chi connectivity index (χ0) is 20.2. The van der Waals surface area contributed by atoms with Crippen LogP contribution < -0.4 is 5.73 Å². The van der Waals surface area contributed by atoms with E-state index in [2.05, 4.69) is 38.7 Å². The van der Waals surface area contributed by atoms with Crippen molar-refractivity contribution in [1.29, 1.82) is 0 Å². The van der Waals surface area contributed by atoms with Gasteiger partial charge in [0, 0.05) is 0 Å². The number of hydrogen-bond donors (Lipinski definition) is 1. The molecule has 6 unspecified atom stereocenters. The molecule has 0 heterocycles. The van der Waals surface area contributed by atoms with E-state index in [0.717, 1.165) is 30.2 Å². The summed E-state index contributed by atoms with van der Waals surface area (Å²) in [5.41, 5.74) is 9.74. The SMILES string of the molecule is C=C1C=C2C=CC3C(CCC4(C)C(CCN)CCC34)C2(C)CC1.CC.CC. The van der Waals surface area contributed by atoms with E-state index in [1.807, 2.05) is 27.7 Å². The highest BCUT2D eigenvalue weighted by Crippen LogP contribution is 2.65. The average Bonchev–Trinajstić information content (AvgIpc) is 3.02. The van der Waals surface area contributed by atoms with Gasteiger partial charge in [-0.15, -0.1) is 0 Å². The van der Waals surface area contributed by atoms with E-state index in [-0.39, 0.29) is 0 Å². The Balaban J connectivity index is 0.000000614. The van der Waals surface area contributed by atoms with E-state index in [9.17, 15) is 0 Å². The van der Waals surface area contributed by atoms with Crippen molar-refractivity contribution in [3.63, 3.8) is 0 Å². The van der Waals surface area contributed by atoms with Crippen LogP contribution >= 0.6 is 0 Å². The molecule has 0 amide bonds. The molecule has 0 aromatic heterocycles. The van der Waals surface area contributed by atoms with Crippen LogP contribution in [0.1, 0.15) is 86.5 Å². The predicted octanol–water partition coefficient (Wildman–Crippen LogP) is 7.30. The van der Waals surface area contributed by atoms with E-state index in [1.165, 1.54) is 50.5 Å². The van der Waals surface area contributed by atoms with Crippen molar-refractivity contribution in [2.75, 3.05) is 6.54 Å². The lowest BCUT2D eigenvalue weighted by atomic mass is 9.48.